The molecule has 8 nitrogen and oxygen atoms in total. The first-order chi connectivity index (χ1) is 15.4. The fourth-order valence-corrected chi connectivity index (χ4v) is 4.93. The second kappa shape index (κ2) is 10.5. The quantitative estimate of drug-likeness (QED) is 0.599. The summed E-state index contributed by atoms with van der Waals surface area (Å²) in [4.78, 5) is 31.0. The molecule has 0 N–H and O–H groups in total. The summed E-state index contributed by atoms with van der Waals surface area (Å²) in [6.07, 6.45) is -1.76. The number of methoxy groups -OCH3 is 2. The van der Waals surface area contributed by atoms with Gasteiger partial charge in [-0.3, -0.25) is 4.84 Å². The van der Waals surface area contributed by atoms with Gasteiger partial charge in [-0.15, -0.1) is 0 Å². The zero-order chi connectivity index (χ0) is 25.0. The molecular weight excluding hydrogens is 426 g/mol. The zero-order valence-corrected chi connectivity index (χ0v) is 21.3. The van der Waals surface area contributed by atoms with Crippen LogP contribution in [0.4, 0.5) is 0 Å². The predicted molar refractivity (Wildman–Crippen MR) is 123 cm³/mol. The van der Waals surface area contributed by atoms with Gasteiger partial charge < -0.3 is 18.9 Å². The summed E-state index contributed by atoms with van der Waals surface area (Å²) < 4.78 is 21.9. The smallest absolute Gasteiger partial charge is 0.338 e. The molecule has 8 heteroatoms. The van der Waals surface area contributed by atoms with Crippen molar-refractivity contribution in [2.75, 3.05) is 14.2 Å². The first-order valence-electron chi connectivity index (χ1n) is 11.5. The number of hydroxylamine groups is 2. The lowest BCUT2D eigenvalue weighted by Crippen LogP contribution is -2.65. The maximum Gasteiger partial charge on any atom is 0.338 e. The highest BCUT2D eigenvalue weighted by Gasteiger charge is 2.63. The highest BCUT2D eigenvalue weighted by atomic mass is 16.8. The minimum Gasteiger partial charge on any atom is -0.467 e. The van der Waals surface area contributed by atoms with Crippen molar-refractivity contribution in [3.8, 4) is 0 Å². The Hall–Kier alpha value is -2.00. The molecule has 33 heavy (non-hydrogen) atoms. The number of ether oxygens (including phenoxy) is 4. The van der Waals surface area contributed by atoms with Crippen molar-refractivity contribution in [1.29, 1.82) is 0 Å². The summed E-state index contributed by atoms with van der Waals surface area (Å²) >= 11 is 0. The van der Waals surface area contributed by atoms with Gasteiger partial charge in [-0.1, -0.05) is 44.2 Å². The molecule has 0 saturated carbocycles. The van der Waals surface area contributed by atoms with E-state index < -0.39 is 41.0 Å². The van der Waals surface area contributed by atoms with Crippen molar-refractivity contribution >= 4 is 11.9 Å². The van der Waals surface area contributed by atoms with Crippen LogP contribution in [0.15, 0.2) is 30.3 Å². The Labute approximate surface area is 197 Å². The highest BCUT2D eigenvalue weighted by Crippen LogP contribution is 2.50. The minimum atomic E-state index is -1.18. The second-order valence-electron chi connectivity index (χ2n) is 9.47. The second-order valence-corrected chi connectivity index (χ2v) is 9.47. The van der Waals surface area contributed by atoms with Gasteiger partial charge in [0.15, 0.2) is 18.0 Å². The molecule has 2 aliphatic heterocycles. The van der Waals surface area contributed by atoms with Crippen LogP contribution in [0.5, 0.6) is 0 Å². The number of rotatable bonds is 5. The Bertz CT molecular complexity index is 764. The summed E-state index contributed by atoms with van der Waals surface area (Å²) in [6.45, 7) is 14.1. The Kier molecular flexibility index (Phi) is 8.68. The van der Waals surface area contributed by atoms with E-state index in [2.05, 4.69) is 0 Å². The van der Waals surface area contributed by atoms with Gasteiger partial charge >= 0.3 is 11.9 Å². The first-order valence-corrected chi connectivity index (χ1v) is 11.5. The maximum atomic E-state index is 12.3. The Balaban J connectivity index is 0.00000187. The highest BCUT2D eigenvalue weighted by molar-refractivity contribution is 5.86. The van der Waals surface area contributed by atoms with Crippen LogP contribution in [-0.2, 0) is 33.4 Å². The van der Waals surface area contributed by atoms with Gasteiger partial charge in [0.2, 0.25) is 0 Å². The Morgan fingerprint density at radius 1 is 0.909 bits per heavy atom. The Morgan fingerprint density at radius 2 is 1.33 bits per heavy atom. The molecule has 3 rings (SSSR count). The molecule has 0 amide bonds. The van der Waals surface area contributed by atoms with Crippen LogP contribution in [0.2, 0.25) is 0 Å². The van der Waals surface area contributed by atoms with E-state index in [0.29, 0.717) is 12.8 Å². The molecule has 2 heterocycles. The number of carbonyl (C=O) groups excluding carboxylic acids is 2. The molecule has 1 aromatic carbocycles. The van der Waals surface area contributed by atoms with Crippen molar-refractivity contribution in [3.05, 3.63) is 35.9 Å². The van der Waals surface area contributed by atoms with E-state index in [1.807, 2.05) is 83.9 Å². The van der Waals surface area contributed by atoms with Crippen LogP contribution in [0, 0.1) is 0 Å². The van der Waals surface area contributed by atoms with E-state index >= 15 is 0 Å². The fraction of sp³-hybridized carbons (Fsp3) is 0.680. The summed E-state index contributed by atoms with van der Waals surface area (Å²) in [5.41, 5.74) is 0.00620. The van der Waals surface area contributed by atoms with Crippen molar-refractivity contribution < 1.29 is 33.4 Å². The summed E-state index contributed by atoms with van der Waals surface area (Å²) in [5, 5.41) is 1.98. The molecule has 0 aromatic heterocycles. The van der Waals surface area contributed by atoms with E-state index in [1.54, 1.807) is 0 Å². The van der Waals surface area contributed by atoms with Crippen molar-refractivity contribution in [3.63, 3.8) is 0 Å². The van der Waals surface area contributed by atoms with Crippen molar-refractivity contribution in [2.45, 2.75) is 96.5 Å². The third-order valence-corrected chi connectivity index (χ3v) is 5.86. The third kappa shape index (κ3) is 5.74. The molecule has 3 atom stereocenters. The minimum absolute atomic E-state index is 0.162. The van der Waals surface area contributed by atoms with Gasteiger partial charge in [0, 0.05) is 23.9 Å². The largest absolute Gasteiger partial charge is 0.467 e. The van der Waals surface area contributed by atoms with Gasteiger partial charge in [-0.2, -0.15) is 5.06 Å². The molecule has 1 spiro atoms. The van der Waals surface area contributed by atoms with Gasteiger partial charge in [0.25, 0.3) is 0 Å². The van der Waals surface area contributed by atoms with E-state index in [-0.39, 0.29) is 6.10 Å². The zero-order valence-electron chi connectivity index (χ0n) is 21.3. The van der Waals surface area contributed by atoms with Gasteiger partial charge in [-0.05, 0) is 40.2 Å². The monoisotopic (exact) mass is 465 g/mol. The lowest BCUT2D eigenvalue weighted by Gasteiger charge is -2.56. The fourth-order valence-electron chi connectivity index (χ4n) is 4.93. The van der Waals surface area contributed by atoms with Gasteiger partial charge in [-0.25, -0.2) is 9.59 Å². The molecule has 0 aliphatic carbocycles. The third-order valence-electron chi connectivity index (χ3n) is 5.86. The number of nitrogens with zero attached hydrogens (tertiary/aromatic N) is 1. The number of carbonyl (C=O) groups is 2. The standard InChI is InChI=1S/C23H33NO7.C2H6/c1-15(16-11-9-8-10-12-16)31-24-21(2,3)13-23(14-22(24,4)5)29-17(19(25)27-6)18(30-23)20(26)28-7;1-2/h8-12,15,17-18H,13-14H2,1-7H3;1-2H3. The number of hydrogen-bond acceptors (Lipinski definition) is 8. The topological polar surface area (TPSA) is 83.5 Å². The van der Waals surface area contributed by atoms with Gasteiger partial charge in [0.1, 0.15) is 6.10 Å². The van der Waals surface area contributed by atoms with Crippen LogP contribution in [0.25, 0.3) is 0 Å². The van der Waals surface area contributed by atoms with E-state index in [4.69, 9.17) is 23.8 Å². The molecule has 2 fully saturated rings. The van der Waals surface area contributed by atoms with E-state index in [9.17, 15) is 9.59 Å². The van der Waals surface area contributed by atoms with E-state index in [0.717, 1.165) is 5.56 Å². The average Bonchev–Trinajstić information content (AvgIpc) is 3.14. The SMILES string of the molecule is CC.COC(=O)C1OC2(CC(C)(C)N(OC(C)c3ccccc3)C(C)(C)C2)OC1C(=O)OC. The molecule has 0 radical (unpaired) electrons. The molecule has 186 valence electrons. The predicted octanol–water partition coefficient (Wildman–Crippen LogP) is 4.18. The number of hydrogen-bond donors (Lipinski definition) is 0. The summed E-state index contributed by atoms with van der Waals surface area (Å²) in [5.74, 6) is -2.49. The normalized spacial score (nSPS) is 26.1. The number of esters is 2. The van der Waals surface area contributed by atoms with Crippen LogP contribution in [-0.4, -0.2) is 60.3 Å². The Morgan fingerprint density at radius 3 is 1.73 bits per heavy atom. The molecule has 0 bridgehead atoms. The van der Waals surface area contributed by atoms with Crippen molar-refractivity contribution in [2.24, 2.45) is 0 Å². The van der Waals surface area contributed by atoms with Crippen LogP contribution in [0.3, 0.4) is 0 Å². The molecule has 1 aromatic rings. The molecule has 2 saturated heterocycles. The van der Waals surface area contributed by atoms with Crippen LogP contribution < -0.4 is 0 Å². The average molecular weight is 466 g/mol. The molecule has 2 aliphatic rings. The molecular formula is C25H39NO7. The van der Waals surface area contributed by atoms with E-state index in [1.165, 1.54) is 14.2 Å². The van der Waals surface area contributed by atoms with Crippen LogP contribution >= 0.6 is 0 Å². The summed E-state index contributed by atoms with van der Waals surface area (Å²) in [7, 11) is 2.50. The van der Waals surface area contributed by atoms with Crippen LogP contribution in [0.1, 0.15) is 73.0 Å². The van der Waals surface area contributed by atoms with Crippen molar-refractivity contribution in [1.82, 2.24) is 5.06 Å². The summed E-state index contributed by atoms with van der Waals surface area (Å²) in [6, 6.07) is 10.00. The lowest BCUT2D eigenvalue weighted by molar-refractivity contribution is -0.352. The van der Waals surface area contributed by atoms with Gasteiger partial charge in [0.05, 0.1) is 14.2 Å². The molecule has 3 unspecified atom stereocenters. The number of piperidine rings is 1. The lowest BCUT2D eigenvalue weighted by atomic mass is 9.78. The maximum absolute atomic E-state index is 12.3. The number of benzene rings is 1. The first kappa shape index (κ1) is 27.2.